The predicted octanol–water partition coefficient (Wildman–Crippen LogP) is 3.18. The first-order valence-electron chi connectivity index (χ1n) is 8.20. The van der Waals surface area contributed by atoms with Crippen LogP contribution in [0.15, 0.2) is 34.7 Å². The maximum absolute atomic E-state index is 12.3. The van der Waals surface area contributed by atoms with Crippen molar-refractivity contribution in [3.8, 4) is 0 Å². The van der Waals surface area contributed by atoms with Crippen molar-refractivity contribution in [3.63, 3.8) is 0 Å². The molecule has 2 heterocycles. The lowest BCUT2D eigenvalue weighted by Crippen LogP contribution is -2.30. The van der Waals surface area contributed by atoms with Gasteiger partial charge >= 0.3 is 0 Å². The van der Waals surface area contributed by atoms with E-state index in [1.54, 1.807) is 22.5 Å². The van der Waals surface area contributed by atoms with Gasteiger partial charge in [0.25, 0.3) is 0 Å². The number of nitrogens with zero attached hydrogens (tertiary/aromatic N) is 2. The van der Waals surface area contributed by atoms with Crippen molar-refractivity contribution in [3.05, 3.63) is 51.2 Å². The predicted molar refractivity (Wildman–Crippen MR) is 101 cm³/mol. The Labute approximate surface area is 151 Å². The average molecular weight is 355 g/mol. The number of carbonyl (C=O) groups is 2. The summed E-state index contributed by atoms with van der Waals surface area (Å²) in [5.41, 5.74) is 6.85. The maximum atomic E-state index is 12.3. The molecule has 1 aromatic carbocycles. The number of nitrogens with one attached hydrogen (secondary N) is 1. The van der Waals surface area contributed by atoms with Gasteiger partial charge in [-0.2, -0.15) is 5.10 Å². The minimum atomic E-state index is -0.379. The molecule has 2 aromatic rings. The summed E-state index contributed by atoms with van der Waals surface area (Å²) in [6, 6.07) is 7.92. The minimum absolute atomic E-state index is 0.0264. The van der Waals surface area contributed by atoms with Crippen LogP contribution in [0.4, 0.5) is 5.69 Å². The van der Waals surface area contributed by atoms with Crippen LogP contribution in [0.1, 0.15) is 28.0 Å². The molecule has 1 N–H and O–H groups in total. The van der Waals surface area contributed by atoms with E-state index in [9.17, 15) is 9.59 Å². The van der Waals surface area contributed by atoms with Gasteiger partial charge in [-0.05, 0) is 61.0 Å². The molecule has 1 aromatic heterocycles. The zero-order valence-corrected chi connectivity index (χ0v) is 15.4. The Morgan fingerprint density at radius 2 is 2.04 bits per heavy atom. The third-order valence-electron chi connectivity index (χ3n) is 4.56. The molecule has 1 atom stereocenters. The van der Waals surface area contributed by atoms with Gasteiger partial charge in [0, 0.05) is 23.5 Å². The highest BCUT2D eigenvalue weighted by atomic mass is 32.1. The number of rotatable bonds is 4. The van der Waals surface area contributed by atoms with Crippen LogP contribution in [0, 0.1) is 26.7 Å². The summed E-state index contributed by atoms with van der Waals surface area (Å²) < 4.78 is 0. The zero-order chi connectivity index (χ0) is 18.0. The highest BCUT2D eigenvalue weighted by molar-refractivity contribution is 7.11. The summed E-state index contributed by atoms with van der Waals surface area (Å²) in [6.45, 7) is 6.44. The molecule has 0 aliphatic carbocycles. The molecule has 1 fully saturated rings. The summed E-state index contributed by atoms with van der Waals surface area (Å²) in [7, 11) is 0. The number of hydrogen-bond acceptors (Lipinski definition) is 4. The fourth-order valence-electron chi connectivity index (χ4n) is 2.79. The van der Waals surface area contributed by atoms with Gasteiger partial charge in [0.15, 0.2) is 0 Å². The number of hydrazone groups is 1. The lowest BCUT2D eigenvalue weighted by atomic mass is 10.1. The molecule has 0 bridgehead atoms. The molecule has 130 valence electrons. The number of aryl methyl sites for hydroxylation is 3. The van der Waals surface area contributed by atoms with Crippen LogP contribution in [0.3, 0.4) is 0 Å². The van der Waals surface area contributed by atoms with Crippen molar-refractivity contribution >= 4 is 35.1 Å². The molecule has 2 amide bonds. The topological polar surface area (TPSA) is 61.8 Å². The van der Waals surface area contributed by atoms with Crippen molar-refractivity contribution in [1.29, 1.82) is 0 Å². The second kappa shape index (κ2) is 7.19. The quantitative estimate of drug-likeness (QED) is 0.676. The van der Waals surface area contributed by atoms with Gasteiger partial charge in [-0.1, -0.05) is 6.07 Å². The molecule has 0 radical (unpaired) electrons. The van der Waals surface area contributed by atoms with E-state index in [1.165, 1.54) is 5.56 Å². The van der Waals surface area contributed by atoms with E-state index in [0.29, 0.717) is 6.54 Å². The molecule has 6 heteroatoms. The van der Waals surface area contributed by atoms with E-state index in [-0.39, 0.29) is 24.2 Å². The van der Waals surface area contributed by atoms with E-state index in [0.717, 1.165) is 21.7 Å². The van der Waals surface area contributed by atoms with Crippen LogP contribution in [0.2, 0.25) is 0 Å². The van der Waals surface area contributed by atoms with E-state index < -0.39 is 0 Å². The molecule has 3 rings (SSSR count). The van der Waals surface area contributed by atoms with Crippen LogP contribution in [-0.4, -0.2) is 24.6 Å². The zero-order valence-electron chi connectivity index (χ0n) is 14.6. The fraction of sp³-hybridized carbons (Fsp3) is 0.316. The van der Waals surface area contributed by atoms with Crippen LogP contribution in [0.5, 0.6) is 0 Å². The van der Waals surface area contributed by atoms with Crippen LogP contribution >= 0.6 is 11.3 Å². The summed E-state index contributed by atoms with van der Waals surface area (Å²) in [5.74, 6) is -0.623. The number of thiophene rings is 1. The molecule has 1 aliphatic heterocycles. The highest BCUT2D eigenvalue weighted by Crippen LogP contribution is 2.26. The monoisotopic (exact) mass is 355 g/mol. The Balaban J connectivity index is 1.63. The Bertz CT molecular complexity index is 841. The number of anilines is 1. The summed E-state index contributed by atoms with van der Waals surface area (Å²) in [6.07, 6.45) is 1.86. The van der Waals surface area contributed by atoms with Gasteiger partial charge in [-0.25, -0.2) is 5.43 Å². The summed E-state index contributed by atoms with van der Waals surface area (Å²) in [5, 5.41) is 6.01. The Kier molecular flexibility index (Phi) is 4.99. The lowest BCUT2D eigenvalue weighted by molar-refractivity contribution is -0.126. The standard InChI is InChI=1S/C19H21N3O2S/c1-12-4-5-16(8-14(12)3)22-11-15(9-18(22)23)19(24)21-20-10-17-13(2)6-7-25-17/h4-8,10,15H,9,11H2,1-3H3,(H,21,24)/b20-10-/t15-/m0/s1. The lowest BCUT2D eigenvalue weighted by Gasteiger charge is -2.17. The molecule has 0 spiro atoms. The molecule has 25 heavy (non-hydrogen) atoms. The van der Waals surface area contributed by atoms with Gasteiger partial charge in [0.1, 0.15) is 0 Å². The Morgan fingerprint density at radius 3 is 2.72 bits per heavy atom. The molecular formula is C19H21N3O2S. The SMILES string of the molecule is Cc1ccc(N2C[C@@H](C(=O)N/N=C\c3sccc3C)CC2=O)cc1C. The Morgan fingerprint density at radius 1 is 1.24 bits per heavy atom. The van der Waals surface area contributed by atoms with Crippen molar-refractivity contribution in [2.45, 2.75) is 27.2 Å². The highest BCUT2D eigenvalue weighted by Gasteiger charge is 2.35. The van der Waals surface area contributed by atoms with Crippen molar-refractivity contribution in [2.24, 2.45) is 11.0 Å². The third kappa shape index (κ3) is 3.79. The summed E-state index contributed by atoms with van der Waals surface area (Å²) >= 11 is 1.57. The summed E-state index contributed by atoms with van der Waals surface area (Å²) in [4.78, 5) is 27.3. The van der Waals surface area contributed by atoms with Crippen molar-refractivity contribution in [2.75, 3.05) is 11.4 Å². The van der Waals surface area contributed by atoms with Crippen molar-refractivity contribution in [1.82, 2.24) is 5.43 Å². The van der Waals surface area contributed by atoms with Crippen molar-refractivity contribution < 1.29 is 9.59 Å². The van der Waals surface area contributed by atoms with E-state index in [4.69, 9.17) is 0 Å². The number of amides is 2. The molecule has 0 unspecified atom stereocenters. The first kappa shape index (κ1) is 17.4. The number of hydrogen-bond donors (Lipinski definition) is 1. The second-order valence-corrected chi connectivity index (χ2v) is 7.32. The van der Waals surface area contributed by atoms with Gasteiger partial charge in [-0.15, -0.1) is 11.3 Å². The molecule has 5 nitrogen and oxygen atoms in total. The Hall–Kier alpha value is -2.47. The van der Waals surface area contributed by atoms with Gasteiger partial charge in [0.2, 0.25) is 11.8 Å². The van der Waals surface area contributed by atoms with Gasteiger partial charge in [-0.3, -0.25) is 9.59 Å². The van der Waals surface area contributed by atoms with Crippen LogP contribution in [0.25, 0.3) is 0 Å². The first-order chi connectivity index (χ1) is 12.0. The fourth-order valence-corrected chi connectivity index (χ4v) is 3.58. The average Bonchev–Trinajstić information content (AvgIpc) is 3.16. The van der Waals surface area contributed by atoms with Gasteiger partial charge in [0.05, 0.1) is 12.1 Å². The van der Waals surface area contributed by atoms with E-state index in [1.807, 2.05) is 50.4 Å². The van der Waals surface area contributed by atoms with Crippen LogP contribution < -0.4 is 10.3 Å². The molecule has 1 aliphatic rings. The molecule has 1 saturated heterocycles. The van der Waals surface area contributed by atoms with E-state index in [2.05, 4.69) is 10.5 Å². The largest absolute Gasteiger partial charge is 0.312 e. The van der Waals surface area contributed by atoms with E-state index >= 15 is 0 Å². The normalized spacial score (nSPS) is 17.5. The van der Waals surface area contributed by atoms with Gasteiger partial charge < -0.3 is 4.90 Å². The minimum Gasteiger partial charge on any atom is -0.312 e. The number of benzene rings is 1. The third-order valence-corrected chi connectivity index (χ3v) is 5.51. The smallest absolute Gasteiger partial charge is 0.245 e. The molecule has 0 saturated carbocycles. The second-order valence-electron chi connectivity index (χ2n) is 6.38. The maximum Gasteiger partial charge on any atom is 0.245 e. The van der Waals surface area contributed by atoms with Crippen LogP contribution in [-0.2, 0) is 9.59 Å². The molecular weight excluding hydrogens is 334 g/mol. The number of carbonyl (C=O) groups excluding carboxylic acids is 2. The first-order valence-corrected chi connectivity index (χ1v) is 9.08.